The molecule has 1 N–H and O–H groups in total. The first-order valence-electron chi connectivity index (χ1n) is 5.08. The van der Waals surface area contributed by atoms with Gasteiger partial charge in [-0.05, 0) is 44.3 Å². The highest BCUT2D eigenvalue weighted by Crippen LogP contribution is 2.21. The Balaban J connectivity index is 2.43. The van der Waals surface area contributed by atoms with Crippen LogP contribution in [0.2, 0.25) is 0 Å². The van der Waals surface area contributed by atoms with E-state index in [2.05, 4.69) is 5.73 Å². The van der Waals surface area contributed by atoms with Crippen LogP contribution >= 0.6 is 0 Å². The molecular formula is C12H18O. The van der Waals surface area contributed by atoms with Gasteiger partial charge in [0.05, 0.1) is 6.10 Å². The predicted octanol–water partition coefficient (Wildman–Crippen LogP) is 2.97. The van der Waals surface area contributed by atoms with Gasteiger partial charge in [-0.2, -0.15) is 0 Å². The summed E-state index contributed by atoms with van der Waals surface area (Å²) < 4.78 is 0. The first kappa shape index (κ1) is 10.3. The second kappa shape index (κ2) is 5.80. The van der Waals surface area contributed by atoms with Crippen LogP contribution in [0.5, 0.6) is 0 Å². The summed E-state index contributed by atoms with van der Waals surface area (Å²) in [5, 5.41) is 8.95. The molecule has 1 aliphatic rings. The summed E-state index contributed by atoms with van der Waals surface area (Å²) >= 11 is 0. The molecule has 1 aliphatic carbocycles. The lowest BCUT2D eigenvalue weighted by molar-refractivity contribution is 0.244. The van der Waals surface area contributed by atoms with Crippen molar-refractivity contribution < 1.29 is 5.11 Å². The monoisotopic (exact) mass is 178 g/mol. The number of aliphatic hydroxyl groups excluding tert-OH is 1. The highest BCUT2D eigenvalue weighted by molar-refractivity contribution is 5.10. The molecule has 1 rings (SSSR count). The molecule has 0 aromatic rings. The zero-order valence-electron chi connectivity index (χ0n) is 8.29. The zero-order valence-corrected chi connectivity index (χ0v) is 8.29. The Kier molecular flexibility index (Phi) is 4.59. The van der Waals surface area contributed by atoms with Crippen molar-refractivity contribution >= 4 is 0 Å². The van der Waals surface area contributed by atoms with Crippen molar-refractivity contribution in [3.8, 4) is 0 Å². The molecule has 0 spiro atoms. The third-order valence-corrected chi connectivity index (χ3v) is 2.23. The predicted molar refractivity (Wildman–Crippen MR) is 55.5 cm³/mol. The van der Waals surface area contributed by atoms with Crippen molar-refractivity contribution in [1.29, 1.82) is 0 Å². The van der Waals surface area contributed by atoms with Gasteiger partial charge in [-0.1, -0.05) is 18.6 Å². The fourth-order valence-corrected chi connectivity index (χ4v) is 1.51. The summed E-state index contributed by atoms with van der Waals surface area (Å²) in [6, 6.07) is 0. The van der Waals surface area contributed by atoms with E-state index in [-0.39, 0.29) is 6.10 Å². The van der Waals surface area contributed by atoms with Gasteiger partial charge < -0.3 is 5.11 Å². The summed E-state index contributed by atoms with van der Waals surface area (Å²) in [6.07, 6.45) is 11.6. The lowest BCUT2D eigenvalue weighted by Crippen LogP contribution is -1.91. The van der Waals surface area contributed by atoms with Gasteiger partial charge in [0.15, 0.2) is 0 Å². The van der Waals surface area contributed by atoms with E-state index < -0.39 is 0 Å². The number of rotatable bonds is 2. The minimum absolute atomic E-state index is 0.352. The van der Waals surface area contributed by atoms with Crippen LogP contribution in [0.25, 0.3) is 0 Å². The third kappa shape index (κ3) is 4.72. The van der Waals surface area contributed by atoms with Gasteiger partial charge in [0.1, 0.15) is 0 Å². The molecule has 1 heteroatoms. The molecule has 0 aromatic heterocycles. The Morgan fingerprint density at radius 3 is 2.62 bits per heavy atom. The first-order valence-corrected chi connectivity index (χ1v) is 5.08. The Bertz CT molecular complexity index is 222. The first-order chi connectivity index (χ1) is 6.29. The second-order valence-electron chi connectivity index (χ2n) is 3.60. The molecule has 72 valence electrons. The number of aliphatic hydroxyl groups is 1. The van der Waals surface area contributed by atoms with E-state index in [0.717, 1.165) is 0 Å². The topological polar surface area (TPSA) is 20.2 Å². The zero-order chi connectivity index (χ0) is 9.52. The molecule has 1 atom stereocenters. The van der Waals surface area contributed by atoms with E-state index in [0.29, 0.717) is 0 Å². The Labute approximate surface area is 80.5 Å². The quantitative estimate of drug-likeness (QED) is 0.509. The van der Waals surface area contributed by atoms with Crippen LogP contribution in [0.1, 0.15) is 39.0 Å². The fraction of sp³-hybridized carbons (Fsp3) is 0.583. The van der Waals surface area contributed by atoms with Gasteiger partial charge in [0.2, 0.25) is 0 Å². The van der Waals surface area contributed by atoms with Crippen LogP contribution in [0.4, 0.5) is 0 Å². The molecule has 0 amide bonds. The van der Waals surface area contributed by atoms with Crippen molar-refractivity contribution in [3.63, 3.8) is 0 Å². The molecule has 0 aromatic carbocycles. The Morgan fingerprint density at radius 2 is 2.00 bits per heavy atom. The van der Waals surface area contributed by atoms with E-state index in [1.165, 1.54) is 37.7 Å². The van der Waals surface area contributed by atoms with Crippen molar-refractivity contribution in [2.45, 2.75) is 45.1 Å². The Morgan fingerprint density at radius 1 is 1.31 bits per heavy atom. The van der Waals surface area contributed by atoms with Gasteiger partial charge in [-0.25, -0.2) is 0 Å². The summed E-state index contributed by atoms with van der Waals surface area (Å²) in [5.41, 5.74) is 4.70. The van der Waals surface area contributed by atoms with Crippen molar-refractivity contribution in [3.05, 3.63) is 29.5 Å². The largest absolute Gasteiger partial charge is 0.389 e. The van der Waals surface area contributed by atoms with Crippen LogP contribution in [0, 0.1) is 0 Å². The standard InChI is InChI=1S/C12H18O/c1-11(13)7-5-6-10-12-8-3-2-4-9-12/h5-7,11,13H,2-4,8-9H2,1H3/b7-5+. The molecule has 1 saturated carbocycles. The molecule has 0 bridgehead atoms. The third-order valence-electron chi connectivity index (χ3n) is 2.23. The van der Waals surface area contributed by atoms with Crippen LogP contribution in [0.15, 0.2) is 29.5 Å². The molecule has 13 heavy (non-hydrogen) atoms. The van der Waals surface area contributed by atoms with Crippen LogP contribution in [-0.4, -0.2) is 11.2 Å². The number of allylic oxidation sites excluding steroid dienone is 2. The molecular weight excluding hydrogens is 160 g/mol. The van der Waals surface area contributed by atoms with Crippen LogP contribution in [-0.2, 0) is 0 Å². The van der Waals surface area contributed by atoms with Gasteiger partial charge in [0.25, 0.3) is 0 Å². The maximum Gasteiger partial charge on any atom is 0.0696 e. The number of hydrogen-bond acceptors (Lipinski definition) is 1. The maximum atomic E-state index is 8.95. The summed E-state index contributed by atoms with van der Waals surface area (Å²) in [4.78, 5) is 0. The SMILES string of the molecule is CC(O)/C=C/C=C=C1CCCCC1. The van der Waals surface area contributed by atoms with Crippen LogP contribution in [0.3, 0.4) is 0 Å². The highest BCUT2D eigenvalue weighted by Gasteiger charge is 2.02. The van der Waals surface area contributed by atoms with Crippen molar-refractivity contribution in [2.75, 3.05) is 0 Å². The van der Waals surface area contributed by atoms with E-state index in [9.17, 15) is 0 Å². The maximum absolute atomic E-state index is 8.95. The van der Waals surface area contributed by atoms with E-state index in [1.807, 2.05) is 12.2 Å². The molecule has 1 unspecified atom stereocenters. The average Bonchev–Trinajstić information content (AvgIpc) is 2.14. The fourth-order valence-electron chi connectivity index (χ4n) is 1.51. The molecule has 0 radical (unpaired) electrons. The highest BCUT2D eigenvalue weighted by atomic mass is 16.3. The average molecular weight is 178 g/mol. The summed E-state index contributed by atoms with van der Waals surface area (Å²) in [7, 11) is 0. The van der Waals surface area contributed by atoms with Crippen molar-refractivity contribution in [1.82, 2.24) is 0 Å². The molecule has 1 nitrogen and oxygen atoms in total. The van der Waals surface area contributed by atoms with E-state index >= 15 is 0 Å². The smallest absolute Gasteiger partial charge is 0.0696 e. The minimum atomic E-state index is -0.352. The van der Waals surface area contributed by atoms with E-state index in [4.69, 9.17) is 5.11 Å². The summed E-state index contributed by atoms with van der Waals surface area (Å²) in [5.74, 6) is 0. The lowest BCUT2D eigenvalue weighted by Gasteiger charge is -2.09. The van der Waals surface area contributed by atoms with Gasteiger partial charge in [0, 0.05) is 0 Å². The molecule has 0 heterocycles. The minimum Gasteiger partial charge on any atom is -0.389 e. The second-order valence-corrected chi connectivity index (χ2v) is 3.60. The summed E-state index contributed by atoms with van der Waals surface area (Å²) in [6.45, 7) is 1.75. The van der Waals surface area contributed by atoms with Gasteiger partial charge in [-0.3, -0.25) is 0 Å². The van der Waals surface area contributed by atoms with Crippen molar-refractivity contribution in [2.24, 2.45) is 0 Å². The molecule has 0 aliphatic heterocycles. The van der Waals surface area contributed by atoms with Gasteiger partial charge in [-0.15, -0.1) is 5.73 Å². The van der Waals surface area contributed by atoms with E-state index in [1.54, 1.807) is 13.0 Å². The van der Waals surface area contributed by atoms with Crippen LogP contribution < -0.4 is 0 Å². The molecule has 0 saturated heterocycles. The molecule has 1 fully saturated rings. The number of hydrogen-bond donors (Lipinski definition) is 1. The Hall–Kier alpha value is -0.780. The lowest BCUT2D eigenvalue weighted by atomic mass is 9.96. The van der Waals surface area contributed by atoms with Gasteiger partial charge >= 0.3 is 0 Å². The normalized spacial score (nSPS) is 20.0.